The molecule has 1 saturated carbocycles. The van der Waals surface area contributed by atoms with E-state index in [-0.39, 0.29) is 22.9 Å². The molecule has 1 amide bonds. The molecule has 0 heterocycles. The van der Waals surface area contributed by atoms with Crippen LogP contribution in [0.25, 0.3) is 0 Å². The number of benzene rings is 1. The summed E-state index contributed by atoms with van der Waals surface area (Å²) >= 11 is 0. The number of sulfonamides is 1. The van der Waals surface area contributed by atoms with Crippen LogP contribution in [0, 0.1) is 0 Å². The predicted octanol–water partition coefficient (Wildman–Crippen LogP) is 3.17. The van der Waals surface area contributed by atoms with E-state index < -0.39 is 10.0 Å². The first-order valence-electron chi connectivity index (χ1n) is 8.78. The van der Waals surface area contributed by atoms with Crippen molar-refractivity contribution in [2.24, 2.45) is 0 Å². The number of carbonyl (C=O) groups excluding carboxylic acids is 1. The van der Waals surface area contributed by atoms with Crippen LogP contribution in [0.15, 0.2) is 29.2 Å². The maximum absolute atomic E-state index is 12.8. The Morgan fingerprint density at radius 3 is 2.58 bits per heavy atom. The quantitative estimate of drug-likeness (QED) is 0.694. The van der Waals surface area contributed by atoms with E-state index in [1.54, 1.807) is 12.1 Å². The van der Waals surface area contributed by atoms with Gasteiger partial charge in [0, 0.05) is 24.2 Å². The largest absolute Gasteiger partial charge is 0.336 e. The van der Waals surface area contributed by atoms with Crippen LogP contribution >= 0.6 is 0 Å². The highest BCUT2D eigenvalue weighted by Gasteiger charge is 2.28. The van der Waals surface area contributed by atoms with E-state index in [4.69, 9.17) is 0 Å². The first-order valence-corrected chi connectivity index (χ1v) is 10.3. The SMILES string of the molecule is CCCCCN(C(=O)c1cccc(S(=O)(=O)NC2CC2)c1)C(C)C. The molecule has 0 aliphatic heterocycles. The molecule has 1 aliphatic rings. The molecule has 1 aromatic carbocycles. The summed E-state index contributed by atoms with van der Waals surface area (Å²) in [6, 6.07) is 6.49. The molecule has 6 heteroatoms. The van der Waals surface area contributed by atoms with Gasteiger partial charge in [-0.3, -0.25) is 4.79 Å². The van der Waals surface area contributed by atoms with Crippen LogP contribution in [0.5, 0.6) is 0 Å². The molecule has 1 fully saturated rings. The normalized spacial score (nSPS) is 14.8. The fourth-order valence-electron chi connectivity index (χ4n) is 2.58. The zero-order valence-corrected chi connectivity index (χ0v) is 15.6. The van der Waals surface area contributed by atoms with Crippen molar-refractivity contribution in [2.75, 3.05) is 6.54 Å². The van der Waals surface area contributed by atoms with E-state index in [0.29, 0.717) is 12.1 Å². The number of unbranched alkanes of at least 4 members (excludes halogenated alkanes) is 2. The summed E-state index contributed by atoms with van der Waals surface area (Å²) in [6.07, 6.45) is 4.91. The van der Waals surface area contributed by atoms with Crippen molar-refractivity contribution in [1.29, 1.82) is 0 Å². The number of hydrogen-bond donors (Lipinski definition) is 1. The van der Waals surface area contributed by atoms with E-state index in [2.05, 4.69) is 11.6 Å². The average Bonchev–Trinajstić information content (AvgIpc) is 3.34. The summed E-state index contributed by atoms with van der Waals surface area (Å²) in [4.78, 5) is 14.8. The Balaban J connectivity index is 2.17. The first-order chi connectivity index (χ1) is 11.3. The second-order valence-electron chi connectivity index (χ2n) is 6.72. The first kappa shape index (κ1) is 18.9. The highest BCUT2D eigenvalue weighted by Crippen LogP contribution is 2.23. The minimum absolute atomic E-state index is 0.0514. The third-order valence-corrected chi connectivity index (χ3v) is 5.70. The number of rotatable bonds is 9. The van der Waals surface area contributed by atoms with Crippen molar-refractivity contribution >= 4 is 15.9 Å². The van der Waals surface area contributed by atoms with Crippen molar-refractivity contribution < 1.29 is 13.2 Å². The molecule has 0 radical (unpaired) electrons. The molecule has 24 heavy (non-hydrogen) atoms. The molecule has 0 saturated heterocycles. The average molecular weight is 353 g/mol. The molecule has 5 nitrogen and oxygen atoms in total. The topological polar surface area (TPSA) is 66.5 Å². The highest BCUT2D eigenvalue weighted by molar-refractivity contribution is 7.89. The smallest absolute Gasteiger partial charge is 0.254 e. The van der Waals surface area contributed by atoms with Crippen LogP contribution in [-0.2, 0) is 10.0 Å². The summed E-state index contributed by atoms with van der Waals surface area (Å²) in [5.74, 6) is -0.107. The molecule has 1 aliphatic carbocycles. The van der Waals surface area contributed by atoms with Gasteiger partial charge in [-0.15, -0.1) is 0 Å². The van der Waals surface area contributed by atoms with E-state index >= 15 is 0 Å². The Bertz CT molecular complexity index is 667. The van der Waals surface area contributed by atoms with Crippen LogP contribution in [0.4, 0.5) is 0 Å². The maximum Gasteiger partial charge on any atom is 0.254 e. The van der Waals surface area contributed by atoms with Crippen LogP contribution in [0.1, 0.15) is 63.2 Å². The van der Waals surface area contributed by atoms with Gasteiger partial charge in [-0.25, -0.2) is 13.1 Å². The fourth-order valence-corrected chi connectivity index (χ4v) is 3.93. The number of carbonyl (C=O) groups is 1. The summed E-state index contributed by atoms with van der Waals surface area (Å²) < 4.78 is 27.3. The lowest BCUT2D eigenvalue weighted by Crippen LogP contribution is -2.37. The summed E-state index contributed by atoms with van der Waals surface area (Å²) in [5, 5.41) is 0. The Labute approximate surface area is 145 Å². The zero-order chi connectivity index (χ0) is 17.7. The van der Waals surface area contributed by atoms with Gasteiger partial charge in [0.25, 0.3) is 5.91 Å². The van der Waals surface area contributed by atoms with Crippen LogP contribution < -0.4 is 4.72 Å². The third kappa shape index (κ3) is 5.05. The second-order valence-corrected chi connectivity index (χ2v) is 8.44. The van der Waals surface area contributed by atoms with E-state index in [0.717, 1.165) is 32.1 Å². The Hall–Kier alpha value is -1.40. The van der Waals surface area contributed by atoms with Gasteiger partial charge in [-0.05, 0) is 51.3 Å². The van der Waals surface area contributed by atoms with Gasteiger partial charge in [0.05, 0.1) is 4.90 Å². The van der Waals surface area contributed by atoms with Gasteiger partial charge in [-0.1, -0.05) is 25.8 Å². The lowest BCUT2D eigenvalue weighted by Gasteiger charge is -2.27. The number of nitrogens with one attached hydrogen (secondary N) is 1. The van der Waals surface area contributed by atoms with Crippen molar-refractivity contribution in [2.45, 2.75) is 69.9 Å². The van der Waals surface area contributed by atoms with Crippen molar-refractivity contribution in [1.82, 2.24) is 9.62 Å². The fraction of sp³-hybridized carbons (Fsp3) is 0.611. The third-order valence-electron chi connectivity index (χ3n) is 4.18. The van der Waals surface area contributed by atoms with E-state index in [1.807, 2.05) is 18.7 Å². The molecule has 134 valence electrons. The Morgan fingerprint density at radius 2 is 2.00 bits per heavy atom. The molecular weight excluding hydrogens is 324 g/mol. The van der Waals surface area contributed by atoms with Gasteiger partial charge >= 0.3 is 0 Å². The zero-order valence-electron chi connectivity index (χ0n) is 14.8. The van der Waals surface area contributed by atoms with Crippen molar-refractivity contribution in [3.8, 4) is 0 Å². The lowest BCUT2D eigenvalue weighted by molar-refractivity contribution is 0.0702. The monoisotopic (exact) mass is 352 g/mol. The van der Waals surface area contributed by atoms with Crippen LogP contribution in [-0.4, -0.2) is 37.9 Å². The minimum atomic E-state index is -3.54. The summed E-state index contributed by atoms with van der Waals surface area (Å²) in [6.45, 7) is 6.79. The molecule has 0 unspecified atom stereocenters. The molecule has 1 N–H and O–H groups in total. The van der Waals surface area contributed by atoms with Gasteiger partial charge in [0.1, 0.15) is 0 Å². The van der Waals surface area contributed by atoms with Crippen LogP contribution in [0.3, 0.4) is 0 Å². The lowest BCUT2D eigenvalue weighted by atomic mass is 10.1. The van der Waals surface area contributed by atoms with E-state index in [9.17, 15) is 13.2 Å². The second kappa shape index (κ2) is 8.12. The molecule has 0 spiro atoms. The number of nitrogens with zero attached hydrogens (tertiary/aromatic N) is 1. The number of hydrogen-bond acceptors (Lipinski definition) is 3. The van der Waals surface area contributed by atoms with Gasteiger partial charge in [-0.2, -0.15) is 0 Å². The van der Waals surface area contributed by atoms with Gasteiger partial charge in [0.2, 0.25) is 10.0 Å². The highest BCUT2D eigenvalue weighted by atomic mass is 32.2. The molecule has 0 atom stereocenters. The van der Waals surface area contributed by atoms with Gasteiger partial charge < -0.3 is 4.90 Å². The van der Waals surface area contributed by atoms with Gasteiger partial charge in [0.15, 0.2) is 0 Å². The molecule has 1 aromatic rings. The molecular formula is C18H28N2O3S. The summed E-state index contributed by atoms with van der Waals surface area (Å²) in [5.41, 5.74) is 0.430. The van der Waals surface area contributed by atoms with Crippen LogP contribution in [0.2, 0.25) is 0 Å². The molecule has 0 bridgehead atoms. The minimum Gasteiger partial charge on any atom is -0.336 e. The van der Waals surface area contributed by atoms with Crippen molar-refractivity contribution in [3.05, 3.63) is 29.8 Å². The van der Waals surface area contributed by atoms with E-state index in [1.165, 1.54) is 12.1 Å². The summed E-state index contributed by atoms with van der Waals surface area (Å²) in [7, 11) is -3.54. The van der Waals surface area contributed by atoms with Crippen molar-refractivity contribution in [3.63, 3.8) is 0 Å². The number of amides is 1. The predicted molar refractivity (Wildman–Crippen MR) is 95.5 cm³/mol. The molecule has 2 rings (SSSR count). The molecule has 0 aromatic heterocycles. The Morgan fingerprint density at radius 1 is 1.29 bits per heavy atom. The Kier molecular flexibility index (Phi) is 6.40. The maximum atomic E-state index is 12.8. The standard InChI is InChI=1S/C18H28N2O3S/c1-4-5-6-12-20(14(2)3)18(21)15-8-7-9-17(13-15)24(22,23)19-16-10-11-16/h7-9,13-14,16,19H,4-6,10-12H2,1-3H3.